The minimum Gasteiger partial charge on any atom is -0.379 e. The van der Waals surface area contributed by atoms with Crippen molar-refractivity contribution in [2.24, 2.45) is 5.41 Å². The van der Waals surface area contributed by atoms with Crippen LogP contribution in [-0.4, -0.2) is 52.1 Å². The van der Waals surface area contributed by atoms with E-state index in [4.69, 9.17) is 14.2 Å². The quantitative estimate of drug-likeness (QED) is 0.113. The van der Waals surface area contributed by atoms with Gasteiger partial charge < -0.3 is 19.5 Å². The maximum atomic E-state index is 11.9. The molecule has 226 valence electrons. The van der Waals surface area contributed by atoms with Gasteiger partial charge in [-0.15, -0.1) is 0 Å². The molecule has 5 heteroatoms. The number of nitrogens with one attached hydrogen (secondary N) is 1. The van der Waals surface area contributed by atoms with Crippen molar-refractivity contribution in [1.29, 1.82) is 0 Å². The summed E-state index contributed by atoms with van der Waals surface area (Å²) in [5.74, 6) is 0.141. The Hall–Kier alpha value is -1.43. The van der Waals surface area contributed by atoms with Crippen LogP contribution in [0.5, 0.6) is 0 Å². The van der Waals surface area contributed by atoms with Gasteiger partial charge in [0.05, 0.1) is 33.0 Å². The standard InChI is InChI=1S/C34H61NO4/c1-34(2,3)24-19-26-37-28-30-39-31-29-38-27-25-35-33(36)23-18-13-11-9-7-5-4-6-8-10-12-15-20-32-21-16-14-17-22-32/h14,16-17,21-22H,4-13,15,18-20,23-31H2,1-3H3,(H,35,36). The van der Waals surface area contributed by atoms with Gasteiger partial charge in [0.15, 0.2) is 0 Å². The van der Waals surface area contributed by atoms with Crippen LogP contribution in [0.4, 0.5) is 0 Å². The first-order chi connectivity index (χ1) is 19.0. The van der Waals surface area contributed by atoms with E-state index >= 15 is 0 Å². The molecule has 0 aromatic heterocycles. The Morgan fingerprint density at radius 2 is 1.10 bits per heavy atom. The van der Waals surface area contributed by atoms with Gasteiger partial charge in [-0.3, -0.25) is 4.79 Å². The minimum absolute atomic E-state index is 0.141. The monoisotopic (exact) mass is 547 g/mol. The first kappa shape index (κ1) is 35.6. The Morgan fingerprint density at radius 1 is 0.615 bits per heavy atom. The van der Waals surface area contributed by atoms with E-state index in [2.05, 4.69) is 56.4 Å². The van der Waals surface area contributed by atoms with Crippen LogP contribution in [0.2, 0.25) is 0 Å². The molecule has 0 radical (unpaired) electrons. The van der Waals surface area contributed by atoms with Crippen LogP contribution in [0.25, 0.3) is 0 Å². The summed E-state index contributed by atoms with van der Waals surface area (Å²) < 4.78 is 16.6. The van der Waals surface area contributed by atoms with Gasteiger partial charge in [-0.2, -0.15) is 0 Å². The summed E-state index contributed by atoms with van der Waals surface area (Å²) in [6, 6.07) is 10.8. The number of carbonyl (C=O) groups excluding carboxylic acids is 1. The van der Waals surface area contributed by atoms with Crippen molar-refractivity contribution >= 4 is 5.91 Å². The van der Waals surface area contributed by atoms with Gasteiger partial charge in [-0.1, -0.05) is 115 Å². The van der Waals surface area contributed by atoms with Gasteiger partial charge in [-0.05, 0) is 43.1 Å². The minimum atomic E-state index is 0.141. The summed E-state index contributed by atoms with van der Waals surface area (Å²) in [7, 11) is 0. The molecule has 0 aliphatic heterocycles. The summed E-state index contributed by atoms with van der Waals surface area (Å²) >= 11 is 0. The highest BCUT2D eigenvalue weighted by Gasteiger charge is 2.08. The first-order valence-electron chi connectivity index (χ1n) is 16.0. The third-order valence-electron chi connectivity index (χ3n) is 6.99. The third kappa shape index (κ3) is 26.6. The van der Waals surface area contributed by atoms with Gasteiger partial charge >= 0.3 is 0 Å². The third-order valence-corrected chi connectivity index (χ3v) is 6.99. The lowest BCUT2D eigenvalue weighted by Gasteiger charge is -2.17. The molecule has 1 aromatic carbocycles. The van der Waals surface area contributed by atoms with E-state index in [1.807, 2.05) is 0 Å². The fourth-order valence-corrected chi connectivity index (χ4v) is 4.62. The number of amides is 1. The van der Waals surface area contributed by atoms with Crippen molar-refractivity contribution in [3.05, 3.63) is 35.9 Å². The van der Waals surface area contributed by atoms with E-state index in [1.165, 1.54) is 82.6 Å². The predicted octanol–water partition coefficient (Wildman–Crippen LogP) is 8.29. The predicted molar refractivity (Wildman–Crippen MR) is 164 cm³/mol. The molecule has 1 N–H and O–H groups in total. The molecule has 0 fully saturated rings. The van der Waals surface area contributed by atoms with Crippen LogP contribution in [0.15, 0.2) is 30.3 Å². The summed E-state index contributed by atoms with van der Waals surface area (Å²) in [6.45, 7) is 11.0. The molecular weight excluding hydrogens is 486 g/mol. The number of hydrogen-bond donors (Lipinski definition) is 1. The second kappa shape index (κ2) is 25.5. The molecule has 0 saturated heterocycles. The Kier molecular flexibility index (Phi) is 23.3. The second-order valence-electron chi connectivity index (χ2n) is 12.1. The van der Waals surface area contributed by atoms with Crippen LogP contribution in [0, 0.1) is 5.41 Å². The average Bonchev–Trinajstić information content (AvgIpc) is 2.91. The molecular formula is C34H61NO4. The molecule has 0 aliphatic carbocycles. The fraction of sp³-hybridized carbons (Fsp3) is 0.794. The molecule has 5 nitrogen and oxygen atoms in total. The van der Waals surface area contributed by atoms with Crippen molar-refractivity contribution in [2.45, 2.75) is 124 Å². The highest BCUT2D eigenvalue weighted by Crippen LogP contribution is 2.20. The zero-order valence-electron chi connectivity index (χ0n) is 25.8. The van der Waals surface area contributed by atoms with Crippen LogP contribution < -0.4 is 5.32 Å². The molecule has 0 bridgehead atoms. The molecule has 0 saturated carbocycles. The van der Waals surface area contributed by atoms with Crippen molar-refractivity contribution in [3.8, 4) is 0 Å². The smallest absolute Gasteiger partial charge is 0.220 e. The Bertz CT molecular complexity index is 659. The van der Waals surface area contributed by atoms with Gasteiger partial charge in [0.1, 0.15) is 0 Å². The lowest BCUT2D eigenvalue weighted by molar-refractivity contribution is -0.121. The number of rotatable bonds is 27. The van der Waals surface area contributed by atoms with E-state index in [0.717, 1.165) is 25.9 Å². The topological polar surface area (TPSA) is 56.8 Å². The number of carbonyl (C=O) groups is 1. The second-order valence-corrected chi connectivity index (χ2v) is 12.1. The van der Waals surface area contributed by atoms with Crippen molar-refractivity contribution < 1.29 is 19.0 Å². The average molecular weight is 548 g/mol. The van der Waals surface area contributed by atoms with Gasteiger partial charge in [0.2, 0.25) is 5.91 Å². The number of aryl methyl sites for hydroxylation is 1. The van der Waals surface area contributed by atoms with E-state index < -0.39 is 0 Å². The molecule has 0 aliphatic rings. The van der Waals surface area contributed by atoms with Gasteiger partial charge in [0.25, 0.3) is 0 Å². The van der Waals surface area contributed by atoms with Crippen molar-refractivity contribution in [2.75, 3.05) is 46.2 Å². The highest BCUT2D eigenvalue weighted by molar-refractivity contribution is 5.75. The van der Waals surface area contributed by atoms with Crippen LogP contribution >= 0.6 is 0 Å². The van der Waals surface area contributed by atoms with Gasteiger partial charge in [-0.25, -0.2) is 0 Å². The molecule has 1 rings (SSSR count). The molecule has 0 spiro atoms. The Labute approximate surface area is 241 Å². The number of benzene rings is 1. The normalized spacial score (nSPS) is 11.7. The Balaban J connectivity index is 1.70. The van der Waals surface area contributed by atoms with E-state index in [1.54, 1.807) is 0 Å². The Morgan fingerprint density at radius 3 is 1.67 bits per heavy atom. The van der Waals surface area contributed by atoms with E-state index in [0.29, 0.717) is 51.4 Å². The molecule has 0 atom stereocenters. The maximum absolute atomic E-state index is 11.9. The van der Waals surface area contributed by atoms with Gasteiger partial charge in [0, 0.05) is 19.6 Å². The summed E-state index contributed by atoms with van der Waals surface area (Å²) in [5, 5.41) is 2.95. The zero-order chi connectivity index (χ0) is 28.3. The summed E-state index contributed by atoms with van der Waals surface area (Å²) in [5.41, 5.74) is 1.85. The zero-order valence-corrected chi connectivity index (χ0v) is 25.8. The highest BCUT2D eigenvalue weighted by atomic mass is 16.5. The largest absolute Gasteiger partial charge is 0.379 e. The maximum Gasteiger partial charge on any atom is 0.220 e. The fourth-order valence-electron chi connectivity index (χ4n) is 4.62. The molecule has 1 amide bonds. The van der Waals surface area contributed by atoms with E-state index in [9.17, 15) is 4.79 Å². The summed E-state index contributed by atoms with van der Waals surface area (Å²) in [6.07, 6.45) is 19.7. The number of unbranched alkanes of at least 4 members (excludes halogenated alkanes) is 11. The molecule has 0 heterocycles. The van der Waals surface area contributed by atoms with Crippen molar-refractivity contribution in [1.82, 2.24) is 5.32 Å². The van der Waals surface area contributed by atoms with Crippen molar-refractivity contribution in [3.63, 3.8) is 0 Å². The van der Waals surface area contributed by atoms with Crippen LogP contribution in [0.1, 0.15) is 123 Å². The van der Waals surface area contributed by atoms with E-state index in [-0.39, 0.29) is 5.91 Å². The van der Waals surface area contributed by atoms with Crippen LogP contribution in [0.3, 0.4) is 0 Å². The number of hydrogen-bond acceptors (Lipinski definition) is 4. The lowest BCUT2D eigenvalue weighted by atomic mass is 9.91. The SMILES string of the molecule is CC(C)(C)CCCOCCOCCOCCNC(=O)CCCCCCCCCCCCCCc1ccccc1. The molecule has 0 unspecified atom stereocenters. The summed E-state index contributed by atoms with van der Waals surface area (Å²) in [4.78, 5) is 11.9. The molecule has 1 aromatic rings. The first-order valence-corrected chi connectivity index (χ1v) is 16.0. The lowest BCUT2D eigenvalue weighted by Crippen LogP contribution is -2.27. The van der Waals surface area contributed by atoms with Crippen LogP contribution in [-0.2, 0) is 25.4 Å². The number of ether oxygens (including phenoxy) is 3. The molecule has 39 heavy (non-hydrogen) atoms.